The molecule has 4 aromatic rings. The van der Waals surface area contributed by atoms with Gasteiger partial charge in [0, 0.05) is 28.4 Å². The molecule has 0 bridgehead atoms. The quantitative estimate of drug-likeness (QED) is 0.204. The zero-order valence-corrected chi connectivity index (χ0v) is 26.0. The SMILES string of the molecule is COc1ccccc1C(C)C(=O)NS(=O)(=O)Cc1ccc(N2Cc3c(c(OC(F)(F)F)c4cccnc4c3OC(F)(F)F)C2=O)c(C)c1. The van der Waals surface area contributed by atoms with Crippen LogP contribution in [0.1, 0.15) is 45.5 Å². The molecule has 1 aromatic heterocycles. The zero-order valence-electron chi connectivity index (χ0n) is 25.2. The van der Waals surface area contributed by atoms with Gasteiger partial charge in [0.2, 0.25) is 15.9 Å². The summed E-state index contributed by atoms with van der Waals surface area (Å²) in [6.07, 6.45) is -9.56. The van der Waals surface area contributed by atoms with Gasteiger partial charge in [-0.1, -0.05) is 30.3 Å². The Bertz CT molecular complexity index is 2030. The Morgan fingerprint density at radius 2 is 1.67 bits per heavy atom. The predicted molar refractivity (Wildman–Crippen MR) is 159 cm³/mol. The summed E-state index contributed by atoms with van der Waals surface area (Å²) in [5.74, 6) is -5.12. The van der Waals surface area contributed by atoms with E-state index in [1.165, 1.54) is 39.2 Å². The highest BCUT2D eigenvalue weighted by Gasteiger charge is 2.44. The van der Waals surface area contributed by atoms with Crippen molar-refractivity contribution >= 4 is 38.4 Å². The fourth-order valence-corrected chi connectivity index (χ4v) is 6.63. The van der Waals surface area contributed by atoms with Crippen LogP contribution in [0.25, 0.3) is 10.9 Å². The molecule has 3 aromatic carbocycles. The van der Waals surface area contributed by atoms with Crippen LogP contribution < -0.4 is 23.8 Å². The molecule has 5 rings (SSSR count). The lowest BCUT2D eigenvalue weighted by atomic mass is 10.00. The summed E-state index contributed by atoms with van der Waals surface area (Å²) in [6.45, 7) is 2.31. The van der Waals surface area contributed by atoms with Crippen molar-refractivity contribution in [2.24, 2.45) is 0 Å². The Morgan fingerprint density at radius 3 is 2.31 bits per heavy atom. The van der Waals surface area contributed by atoms with Gasteiger partial charge in [-0.15, -0.1) is 26.3 Å². The number of hydrogen-bond acceptors (Lipinski definition) is 8. The average molecular weight is 698 g/mol. The van der Waals surface area contributed by atoms with Crippen molar-refractivity contribution in [3.63, 3.8) is 0 Å². The van der Waals surface area contributed by atoms with Gasteiger partial charge in [-0.25, -0.2) is 8.42 Å². The number of halogens is 6. The number of hydrogen-bond donors (Lipinski definition) is 1. The summed E-state index contributed by atoms with van der Waals surface area (Å²) in [5.41, 5.74) is -1.02. The Kier molecular flexibility index (Phi) is 8.94. The number of amides is 2. The van der Waals surface area contributed by atoms with Crippen molar-refractivity contribution in [3.8, 4) is 17.2 Å². The number of ether oxygens (including phenoxy) is 3. The molecule has 0 fully saturated rings. The monoisotopic (exact) mass is 697 g/mol. The van der Waals surface area contributed by atoms with Crippen LogP contribution in [-0.4, -0.2) is 45.1 Å². The summed E-state index contributed by atoms with van der Waals surface area (Å²) in [6, 6.07) is 12.7. The smallest absolute Gasteiger partial charge is 0.496 e. The Hall–Kier alpha value is -5.06. The van der Waals surface area contributed by atoms with Crippen LogP contribution in [0.3, 0.4) is 0 Å². The van der Waals surface area contributed by atoms with Gasteiger partial charge in [0.05, 0.1) is 30.9 Å². The van der Waals surface area contributed by atoms with Crippen molar-refractivity contribution in [1.82, 2.24) is 9.71 Å². The van der Waals surface area contributed by atoms with Crippen LogP contribution in [0.5, 0.6) is 17.2 Å². The van der Waals surface area contributed by atoms with Crippen LogP contribution in [0, 0.1) is 6.92 Å². The third kappa shape index (κ3) is 7.10. The van der Waals surface area contributed by atoms with Crippen LogP contribution in [0.15, 0.2) is 60.8 Å². The number of carbonyl (C=O) groups is 2. The summed E-state index contributed by atoms with van der Waals surface area (Å²) in [4.78, 5) is 31.2. The number of methoxy groups -OCH3 is 1. The first-order valence-corrected chi connectivity index (χ1v) is 15.6. The molecule has 1 N–H and O–H groups in total. The van der Waals surface area contributed by atoms with Crippen molar-refractivity contribution < 1.29 is 58.6 Å². The highest BCUT2D eigenvalue weighted by atomic mass is 32.2. The number of aryl methyl sites for hydroxylation is 1. The molecule has 254 valence electrons. The van der Waals surface area contributed by atoms with Gasteiger partial charge >= 0.3 is 12.7 Å². The summed E-state index contributed by atoms with van der Waals surface area (Å²) in [5, 5.41) is -0.539. The molecule has 48 heavy (non-hydrogen) atoms. The molecule has 2 heterocycles. The molecule has 2 amide bonds. The topological polar surface area (TPSA) is 124 Å². The lowest BCUT2D eigenvalue weighted by molar-refractivity contribution is -0.276. The maximum Gasteiger partial charge on any atom is 0.573 e. The molecule has 1 aliphatic heterocycles. The number of para-hydroxylation sites is 1. The Balaban J connectivity index is 1.45. The Morgan fingerprint density at radius 1 is 1.00 bits per heavy atom. The second-order valence-corrected chi connectivity index (χ2v) is 12.4. The summed E-state index contributed by atoms with van der Waals surface area (Å²) >= 11 is 0. The van der Waals surface area contributed by atoms with Gasteiger partial charge < -0.3 is 19.1 Å². The van der Waals surface area contributed by atoms with E-state index in [1.807, 2.05) is 4.72 Å². The lowest BCUT2D eigenvalue weighted by Gasteiger charge is -2.20. The number of benzene rings is 3. The minimum Gasteiger partial charge on any atom is -0.496 e. The van der Waals surface area contributed by atoms with Gasteiger partial charge in [0.25, 0.3) is 5.91 Å². The predicted octanol–water partition coefficient (Wildman–Crippen LogP) is 6.26. The second-order valence-electron chi connectivity index (χ2n) is 10.7. The van der Waals surface area contributed by atoms with Crippen molar-refractivity contribution in [2.45, 2.75) is 44.8 Å². The highest BCUT2D eigenvalue weighted by Crippen LogP contribution is 2.48. The molecule has 1 unspecified atom stereocenters. The van der Waals surface area contributed by atoms with Gasteiger partial charge in [-0.05, 0) is 49.2 Å². The van der Waals surface area contributed by atoms with E-state index in [2.05, 4.69) is 14.5 Å². The van der Waals surface area contributed by atoms with Crippen molar-refractivity contribution in [1.29, 1.82) is 0 Å². The molecule has 10 nitrogen and oxygen atoms in total. The van der Waals surface area contributed by atoms with E-state index in [9.17, 15) is 44.3 Å². The molecule has 17 heteroatoms. The van der Waals surface area contributed by atoms with E-state index < -0.39 is 86.3 Å². The van der Waals surface area contributed by atoms with Gasteiger partial charge in [-0.2, -0.15) is 0 Å². The van der Waals surface area contributed by atoms with Gasteiger partial charge in [0.15, 0.2) is 11.5 Å². The van der Waals surface area contributed by atoms with E-state index in [-0.39, 0.29) is 16.8 Å². The number of anilines is 1. The molecular weight excluding hydrogens is 672 g/mol. The maximum atomic E-state index is 13.6. The van der Waals surface area contributed by atoms with E-state index in [0.29, 0.717) is 11.3 Å². The van der Waals surface area contributed by atoms with E-state index in [4.69, 9.17) is 4.74 Å². The first-order chi connectivity index (χ1) is 22.4. The fourth-order valence-electron chi connectivity index (χ4n) is 5.45. The number of fused-ring (bicyclic) bond motifs is 2. The number of rotatable bonds is 9. The number of sulfonamides is 1. The second kappa shape index (κ2) is 12.5. The van der Waals surface area contributed by atoms with Crippen LogP contribution in [-0.2, 0) is 27.1 Å². The average Bonchev–Trinajstić information content (AvgIpc) is 3.33. The maximum absolute atomic E-state index is 13.6. The normalized spacial score (nSPS) is 14.1. The first kappa shape index (κ1) is 34.3. The Labute approximate surface area is 269 Å². The third-order valence-corrected chi connectivity index (χ3v) is 8.67. The van der Waals surface area contributed by atoms with Crippen LogP contribution in [0.4, 0.5) is 32.0 Å². The lowest BCUT2D eigenvalue weighted by Crippen LogP contribution is -2.34. The van der Waals surface area contributed by atoms with E-state index >= 15 is 0 Å². The first-order valence-electron chi connectivity index (χ1n) is 13.9. The number of alkyl halides is 6. The molecule has 0 saturated carbocycles. The molecule has 0 spiro atoms. The van der Waals surface area contributed by atoms with Crippen LogP contribution >= 0.6 is 0 Å². The zero-order chi connectivity index (χ0) is 35.2. The number of aromatic nitrogens is 1. The van der Waals surface area contributed by atoms with Crippen molar-refractivity contribution in [3.05, 3.63) is 88.6 Å². The van der Waals surface area contributed by atoms with Gasteiger partial charge in [-0.3, -0.25) is 19.3 Å². The number of nitrogens with one attached hydrogen (secondary N) is 1. The fraction of sp³-hybridized carbons (Fsp3) is 0.258. The van der Waals surface area contributed by atoms with Crippen LogP contribution in [0.2, 0.25) is 0 Å². The minimum atomic E-state index is -5.32. The minimum absolute atomic E-state index is 0.0547. The van der Waals surface area contributed by atoms with Crippen molar-refractivity contribution in [2.75, 3.05) is 12.0 Å². The molecule has 1 atom stereocenters. The molecule has 1 aliphatic rings. The summed E-state index contributed by atoms with van der Waals surface area (Å²) in [7, 11) is -2.84. The standard InChI is InChI=1S/C31H25F6N3O7S/c1-16-13-18(15-48(43,44)39-28(41)17(2)19-7-4-5-9-23(19)45-3)10-11-22(16)40-14-21-24(29(40)42)26(46-30(32,33)34)20-8-6-12-38-25(20)27(21)47-31(35,36)37/h4-13,17H,14-15H2,1-3H3,(H,39,41). The molecule has 0 radical (unpaired) electrons. The molecule has 0 saturated heterocycles. The van der Waals surface area contributed by atoms with E-state index in [1.54, 1.807) is 24.3 Å². The van der Waals surface area contributed by atoms with Gasteiger partial charge in [0.1, 0.15) is 11.3 Å². The van der Waals surface area contributed by atoms with E-state index in [0.717, 1.165) is 23.2 Å². The molecular formula is C31H25F6N3O7S. The number of nitrogens with zero attached hydrogens (tertiary/aromatic N) is 2. The molecule has 0 aliphatic carbocycles. The number of carbonyl (C=O) groups excluding carboxylic acids is 2. The third-order valence-electron chi connectivity index (χ3n) is 7.44. The number of pyridine rings is 1. The largest absolute Gasteiger partial charge is 0.573 e. The summed E-state index contributed by atoms with van der Waals surface area (Å²) < 4.78 is 122. The highest BCUT2D eigenvalue weighted by molar-refractivity contribution is 7.89.